The van der Waals surface area contributed by atoms with E-state index in [-0.39, 0.29) is 12.5 Å². The van der Waals surface area contributed by atoms with Crippen LogP contribution in [0.15, 0.2) is 18.2 Å². The molecule has 0 aliphatic rings. The SMILES string of the molecule is CCC(COS(C)(=O)=O)Cc1ccc(F)cc1F. The maximum atomic E-state index is 13.4. The van der Waals surface area contributed by atoms with Gasteiger partial charge in [-0.25, -0.2) is 8.78 Å². The molecular weight excluding hydrogens is 262 g/mol. The first-order chi connectivity index (χ1) is 8.31. The van der Waals surface area contributed by atoms with Crippen molar-refractivity contribution in [2.45, 2.75) is 19.8 Å². The lowest BCUT2D eigenvalue weighted by atomic mass is 9.97. The molecule has 0 amide bonds. The van der Waals surface area contributed by atoms with Gasteiger partial charge in [0.15, 0.2) is 0 Å². The average Bonchev–Trinajstić information content (AvgIpc) is 2.25. The Hall–Kier alpha value is -1.01. The Morgan fingerprint density at radius 1 is 1.33 bits per heavy atom. The van der Waals surface area contributed by atoms with Crippen molar-refractivity contribution in [2.75, 3.05) is 12.9 Å². The molecule has 0 aliphatic carbocycles. The number of hydrogen-bond donors (Lipinski definition) is 0. The summed E-state index contributed by atoms with van der Waals surface area (Å²) in [4.78, 5) is 0. The molecule has 0 aliphatic heterocycles. The Morgan fingerprint density at radius 2 is 2.00 bits per heavy atom. The summed E-state index contributed by atoms with van der Waals surface area (Å²) in [6.45, 7) is 1.86. The van der Waals surface area contributed by atoms with E-state index in [1.807, 2.05) is 6.92 Å². The Labute approximate surface area is 106 Å². The molecule has 1 atom stereocenters. The molecule has 0 aromatic heterocycles. The molecule has 18 heavy (non-hydrogen) atoms. The fraction of sp³-hybridized carbons (Fsp3) is 0.500. The molecule has 0 bridgehead atoms. The highest BCUT2D eigenvalue weighted by molar-refractivity contribution is 7.85. The van der Waals surface area contributed by atoms with Crippen molar-refractivity contribution < 1.29 is 21.4 Å². The van der Waals surface area contributed by atoms with Crippen molar-refractivity contribution in [1.82, 2.24) is 0 Å². The molecule has 0 heterocycles. The van der Waals surface area contributed by atoms with Crippen LogP contribution in [0.1, 0.15) is 18.9 Å². The summed E-state index contributed by atoms with van der Waals surface area (Å²) < 4.78 is 52.6. The monoisotopic (exact) mass is 278 g/mol. The first kappa shape index (κ1) is 15.0. The Balaban J connectivity index is 2.68. The van der Waals surface area contributed by atoms with E-state index in [0.29, 0.717) is 18.4 Å². The van der Waals surface area contributed by atoms with E-state index in [1.165, 1.54) is 12.1 Å². The van der Waals surface area contributed by atoms with Crippen molar-refractivity contribution >= 4 is 10.1 Å². The van der Waals surface area contributed by atoms with Gasteiger partial charge in [-0.1, -0.05) is 19.4 Å². The summed E-state index contributed by atoms with van der Waals surface area (Å²) in [5.74, 6) is -1.37. The van der Waals surface area contributed by atoms with Crippen LogP contribution in [0.2, 0.25) is 0 Å². The van der Waals surface area contributed by atoms with E-state index in [9.17, 15) is 17.2 Å². The highest BCUT2D eigenvalue weighted by atomic mass is 32.2. The number of hydrogen-bond acceptors (Lipinski definition) is 3. The summed E-state index contributed by atoms with van der Waals surface area (Å²) in [6.07, 6.45) is 1.93. The van der Waals surface area contributed by atoms with Crippen LogP contribution in [0.3, 0.4) is 0 Å². The first-order valence-corrected chi connectivity index (χ1v) is 7.41. The minimum Gasteiger partial charge on any atom is -0.270 e. The molecule has 0 saturated carbocycles. The molecule has 0 fully saturated rings. The average molecular weight is 278 g/mol. The third-order valence-corrected chi connectivity index (χ3v) is 3.18. The van der Waals surface area contributed by atoms with Gasteiger partial charge in [0.25, 0.3) is 10.1 Å². The van der Waals surface area contributed by atoms with E-state index in [0.717, 1.165) is 12.3 Å². The van der Waals surface area contributed by atoms with Crippen LogP contribution >= 0.6 is 0 Å². The molecule has 1 rings (SSSR count). The molecule has 1 aromatic carbocycles. The van der Waals surface area contributed by atoms with E-state index in [2.05, 4.69) is 0 Å². The molecular formula is C12H16F2O3S. The quantitative estimate of drug-likeness (QED) is 0.751. The Kier molecular flexibility index (Phi) is 5.22. The Bertz CT molecular complexity index is 500. The maximum absolute atomic E-state index is 13.4. The zero-order valence-electron chi connectivity index (χ0n) is 10.3. The smallest absolute Gasteiger partial charge is 0.264 e. The van der Waals surface area contributed by atoms with E-state index in [4.69, 9.17) is 4.18 Å². The highest BCUT2D eigenvalue weighted by Gasteiger charge is 2.14. The minimum atomic E-state index is -3.49. The zero-order valence-corrected chi connectivity index (χ0v) is 11.1. The Morgan fingerprint density at radius 3 is 2.50 bits per heavy atom. The molecule has 0 saturated heterocycles. The van der Waals surface area contributed by atoms with Gasteiger partial charge in [-0.2, -0.15) is 8.42 Å². The van der Waals surface area contributed by atoms with Crippen molar-refractivity contribution in [3.63, 3.8) is 0 Å². The molecule has 0 spiro atoms. The van der Waals surface area contributed by atoms with Crippen molar-refractivity contribution in [2.24, 2.45) is 5.92 Å². The third-order valence-electron chi connectivity index (χ3n) is 2.62. The maximum Gasteiger partial charge on any atom is 0.264 e. The predicted octanol–water partition coefficient (Wildman–Crippen LogP) is 2.51. The number of benzene rings is 1. The summed E-state index contributed by atoms with van der Waals surface area (Å²) in [5, 5.41) is 0. The van der Waals surface area contributed by atoms with Gasteiger partial charge in [-0.15, -0.1) is 0 Å². The van der Waals surface area contributed by atoms with Gasteiger partial charge in [0.1, 0.15) is 11.6 Å². The molecule has 102 valence electrons. The van der Waals surface area contributed by atoms with E-state index < -0.39 is 21.8 Å². The van der Waals surface area contributed by atoms with Crippen molar-refractivity contribution in [1.29, 1.82) is 0 Å². The minimum absolute atomic E-state index is 0.00610. The third kappa shape index (κ3) is 5.10. The second-order valence-electron chi connectivity index (χ2n) is 4.20. The first-order valence-electron chi connectivity index (χ1n) is 5.60. The zero-order chi connectivity index (χ0) is 13.8. The predicted molar refractivity (Wildman–Crippen MR) is 64.6 cm³/mol. The van der Waals surface area contributed by atoms with E-state index in [1.54, 1.807) is 0 Å². The molecule has 0 N–H and O–H groups in total. The van der Waals surface area contributed by atoms with Crippen LogP contribution in [-0.2, 0) is 20.7 Å². The highest BCUT2D eigenvalue weighted by Crippen LogP contribution is 2.17. The fourth-order valence-electron chi connectivity index (χ4n) is 1.54. The van der Waals surface area contributed by atoms with Gasteiger partial charge >= 0.3 is 0 Å². The van der Waals surface area contributed by atoms with Gasteiger partial charge < -0.3 is 0 Å². The molecule has 3 nitrogen and oxygen atoms in total. The van der Waals surface area contributed by atoms with E-state index >= 15 is 0 Å². The van der Waals surface area contributed by atoms with Gasteiger partial charge in [0, 0.05) is 6.07 Å². The normalized spacial score (nSPS) is 13.6. The second-order valence-corrected chi connectivity index (χ2v) is 5.85. The summed E-state index contributed by atoms with van der Waals surface area (Å²) in [5.41, 5.74) is 0.361. The lowest BCUT2D eigenvalue weighted by Gasteiger charge is -2.14. The van der Waals surface area contributed by atoms with Gasteiger partial charge in [-0.3, -0.25) is 4.18 Å². The molecule has 6 heteroatoms. The van der Waals surface area contributed by atoms with Gasteiger partial charge in [0.05, 0.1) is 12.9 Å². The standard InChI is InChI=1S/C12H16F2O3S/c1-3-9(8-17-18(2,15)16)6-10-4-5-11(13)7-12(10)14/h4-5,7,9H,3,6,8H2,1-2H3. The van der Waals surface area contributed by atoms with Crippen LogP contribution in [0.5, 0.6) is 0 Å². The lowest BCUT2D eigenvalue weighted by molar-refractivity contribution is 0.250. The second kappa shape index (κ2) is 6.24. The van der Waals surface area contributed by atoms with Crippen molar-refractivity contribution in [3.05, 3.63) is 35.4 Å². The van der Waals surface area contributed by atoms with Crippen LogP contribution < -0.4 is 0 Å². The number of rotatable bonds is 6. The summed E-state index contributed by atoms with van der Waals surface area (Å²) in [6, 6.07) is 3.37. The largest absolute Gasteiger partial charge is 0.270 e. The van der Waals surface area contributed by atoms with Crippen LogP contribution in [-0.4, -0.2) is 21.3 Å². The van der Waals surface area contributed by atoms with Crippen LogP contribution in [0.4, 0.5) is 8.78 Å². The summed E-state index contributed by atoms with van der Waals surface area (Å²) >= 11 is 0. The topological polar surface area (TPSA) is 43.4 Å². The molecule has 0 radical (unpaired) electrons. The summed E-state index contributed by atoms with van der Waals surface area (Å²) in [7, 11) is -3.49. The molecule has 1 unspecified atom stereocenters. The lowest BCUT2D eigenvalue weighted by Crippen LogP contribution is -2.15. The van der Waals surface area contributed by atoms with Gasteiger partial charge in [-0.05, 0) is 24.0 Å². The van der Waals surface area contributed by atoms with Crippen LogP contribution in [0, 0.1) is 17.6 Å². The van der Waals surface area contributed by atoms with Crippen molar-refractivity contribution in [3.8, 4) is 0 Å². The fourth-order valence-corrected chi connectivity index (χ4v) is 1.98. The number of halogens is 2. The molecule has 1 aromatic rings. The van der Waals surface area contributed by atoms with Gasteiger partial charge in [0.2, 0.25) is 0 Å². The van der Waals surface area contributed by atoms with Crippen LogP contribution in [0.25, 0.3) is 0 Å².